The van der Waals surface area contributed by atoms with E-state index < -0.39 is 23.1 Å². The van der Waals surface area contributed by atoms with Crippen LogP contribution in [-0.2, 0) is 13.0 Å². The monoisotopic (exact) mass is 392 g/mol. The third-order valence-corrected chi connectivity index (χ3v) is 4.95. The number of benzene rings is 3. The zero-order chi connectivity index (χ0) is 20.4. The quantitative estimate of drug-likeness (QED) is 0.727. The maximum Gasteiger partial charge on any atom is 0.258 e. The number of hydrogen-bond acceptors (Lipinski definition) is 2. The highest BCUT2D eigenvalue weighted by Crippen LogP contribution is 2.30. The fourth-order valence-corrected chi connectivity index (χ4v) is 3.50. The van der Waals surface area contributed by atoms with Crippen molar-refractivity contribution in [3.8, 4) is 0 Å². The van der Waals surface area contributed by atoms with Gasteiger partial charge in [0.25, 0.3) is 11.8 Å². The molecule has 0 bridgehead atoms. The number of anilines is 1. The van der Waals surface area contributed by atoms with Gasteiger partial charge in [0.1, 0.15) is 17.2 Å². The standard InChI is InChI=1S/C23H18F2N2O2/c24-18-7-4-8-19(25)21(18)22(28)26-14-15-9-10-20-17(13-15)11-12-27(20)23(29)16-5-2-1-3-6-16/h1-10,13H,11-12,14H2,(H,26,28). The van der Waals surface area contributed by atoms with Crippen molar-refractivity contribution in [3.63, 3.8) is 0 Å². The second kappa shape index (κ2) is 7.83. The average molecular weight is 392 g/mol. The number of hydrogen-bond donors (Lipinski definition) is 1. The lowest BCUT2D eigenvalue weighted by Gasteiger charge is -2.17. The fourth-order valence-electron chi connectivity index (χ4n) is 3.50. The van der Waals surface area contributed by atoms with Gasteiger partial charge in [0.05, 0.1) is 0 Å². The summed E-state index contributed by atoms with van der Waals surface area (Å²) in [4.78, 5) is 26.6. The van der Waals surface area contributed by atoms with E-state index in [9.17, 15) is 18.4 Å². The minimum atomic E-state index is -0.897. The van der Waals surface area contributed by atoms with Gasteiger partial charge >= 0.3 is 0 Å². The van der Waals surface area contributed by atoms with Crippen molar-refractivity contribution in [2.45, 2.75) is 13.0 Å². The summed E-state index contributed by atoms with van der Waals surface area (Å²) in [6.45, 7) is 0.714. The molecule has 0 fully saturated rings. The summed E-state index contributed by atoms with van der Waals surface area (Å²) in [6.07, 6.45) is 0.706. The van der Waals surface area contributed by atoms with Crippen molar-refractivity contribution in [2.75, 3.05) is 11.4 Å². The van der Waals surface area contributed by atoms with Crippen molar-refractivity contribution < 1.29 is 18.4 Å². The Balaban J connectivity index is 1.47. The highest BCUT2D eigenvalue weighted by Gasteiger charge is 2.25. The molecule has 0 spiro atoms. The second-order valence-electron chi connectivity index (χ2n) is 6.82. The molecule has 0 aromatic heterocycles. The maximum atomic E-state index is 13.7. The Morgan fingerprint density at radius 1 is 0.931 bits per heavy atom. The summed E-state index contributed by atoms with van der Waals surface area (Å²) in [7, 11) is 0. The van der Waals surface area contributed by atoms with Gasteiger partial charge in [-0.05, 0) is 47.9 Å². The zero-order valence-electron chi connectivity index (χ0n) is 15.5. The normalized spacial score (nSPS) is 12.6. The lowest BCUT2D eigenvalue weighted by Crippen LogP contribution is -2.28. The molecule has 0 radical (unpaired) electrons. The van der Waals surface area contributed by atoms with E-state index in [1.165, 1.54) is 6.07 Å². The first-order chi connectivity index (χ1) is 14.0. The van der Waals surface area contributed by atoms with Crippen LogP contribution in [0.3, 0.4) is 0 Å². The first-order valence-corrected chi connectivity index (χ1v) is 9.25. The van der Waals surface area contributed by atoms with Gasteiger partial charge < -0.3 is 10.2 Å². The van der Waals surface area contributed by atoms with Gasteiger partial charge in [-0.3, -0.25) is 9.59 Å². The van der Waals surface area contributed by atoms with Crippen molar-refractivity contribution in [2.24, 2.45) is 0 Å². The number of halogens is 2. The number of rotatable bonds is 4. The van der Waals surface area contributed by atoms with Crippen LogP contribution < -0.4 is 10.2 Å². The smallest absolute Gasteiger partial charge is 0.258 e. The molecule has 29 heavy (non-hydrogen) atoms. The topological polar surface area (TPSA) is 49.4 Å². The van der Waals surface area contributed by atoms with Crippen LogP contribution in [-0.4, -0.2) is 18.4 Å². The zero-order valence-corrected chi connectivity index (χ0v) is 15.5. The van der Waals surface area contributed by atoms with E-state index in [1.807, 2.05) is 30.3 Å². The molecule has 4 rings (SSSR count). The molecular weight excluding hydrogens is 374 g/mol. The van der Waals surface area contributed by atoms with Crippen molar-refractivity contribution in [1.82, 2.24) is 5.32 Å². The van der Waals surface area contributed by atoms with Crippen molar-refractivity contribution in [3.05, 3.63) is 101 Å². The largest absolute Gasteiger partial charge is 0.348 e. The molecule has 146 valence electrons. The van der Waals surface area contributed by atoms with Crippen LogP contribution in [0, 0.1) is 11.6 Å². The molecule has 3 aromatic carbocycles. The summed E-state index contributed by atoms with van der Waals surface area (Å²) in [5, 5.41) is 2.55. The minimum absolute atomic E-state index is 0.0552. The molecular formula is C23H18F2N2O2. The number of carbonyl (C=O) groups is 2. The summed E-state index contributed by atoms with van der Waals surface area (Å²) in [5.41, 5.74) is 2.67. The van der Waals surface area contributed by atoms with Crippen LogP contribution in [0.4, 0.5) is 14.5 Å². The second-order valence-corrected chi connectivity index (χ2v) is 6.82. The Hall–Kier alpha value is -3.54. The van der Waals surface area contributed by atoms with Crippen LogP contribution >= 0.6 is 0 Å². The molecule has 0 aliphatic carbocycles. The summed E-state index contributed by atoms with van der Waals surface area (Å²) in [6, 6.07) is 17.9. The molecule has 1 aliphatic rings. The van der Waals surface area contributed by atoms with Gasteiger partial charge in [-0.15, -0.1) is 0 Å². The average Bonchev–Trinajstić information content (AvgIpc) is 3.15. The number of nitrogens with one attached hydrogen (secondary N) is 1. The predicted molar refractivity (Wildman–Crippen MR) is 106 cm³/mol. The fraction of sp³-hybridized carbons (Fsp3) is 0.130. The Morgan fingerprint density at radius 3 is 2.38 bits per heavy atom. The van der Waals surface area contributed by atoms with Gasteiger partial charge in [0.15, 0.2) is 0 Å². The Labute approximate surface area is 166 Å². The number of carbonyl (C=O) groups excluding carboxylic acids is 2. The van der Waals surface area contributed by atoms with Gasteiger partial charge in [-0.25, -0.2) is 8.78 Å². The van der Waals surface area contributed by atoms with Crippen LogP contribution in [0.5, 0.6) is 0 Å². The van der Waals surface area contributed by atoms with E-state index in [4.69, 9.17) is 0 Å². The highest BCUT2D eigenvalue weighted by atomic mass is 19.1. The SMILES string of the molecule is O=C(NCc1ccc2c(c1)CCN2C(=O)c1ccccc1)c1c(F)cccc1F. The van der Waals surface area contributed by atoms with Crippen molar-refractivity contribution >= 4 is 17.5 Å². The minimum Gasteiger partial charge on any atom is -0.348 e. The van der Waals surface area contributed by atoms with Crippen LogP contribution in [0.25, 0.3) is 0 Å². The van der Waals surface area contributed by atoms with Gasteiger partial charge in [0, 0.05) is 24.3 Å². The summed E-state index contributed by atoms with van der Waals surface area (Å²) >= 11 is 0. The van der Waals surface area contributed by atoms with Gasteiger partial charge in [-0.1, -0.05) is 36.4 Å². The van der Waals surface area contributed by atoms with E-state index in [0.29, 0.717) is 18.5 Å². The van der Waals surface area contributed by atoms with E-state index >= 15 is 0 Å². The van der Waals surface area contributed by atoms with Gasteiger partial charge in [0.2, 0.25) is 0 Å². The maximum absolute atomic E-state index is 13.7. The molecule has 4 nitrogen and oxygen atoms in total. The lowest BCUT2D eigenvalue weighted by molar-refractivity contribution is 0.0941. The molecule has 1 aliphatic heterocycles. The number of nitrogens with zero attached hydrogens (tertiary/aromatic N) is 1. The highest BCUT2D eigenvalue weighted by molar-refractivity contribution is 6.07. The molecule has 6 heteroatoms. The number of amides is 2. The summed E-state index contributed by atoms with van der Waals surface area (Å²) < 4.78 is 27.5. The Kier molecular flexibility index (Phi) is 5.08. The van der Waals surface area contributed by atoms with Gasteiger partial charge in [-0.2, -0.15) is 0 Å². The Bertz CT molecular complexity index is 1060. The van der Waals surface area contributed by atoms with E-state index in [2.05, 4.69) is 5.32 Å². The van der Waals surface area contributed by atoms with Crippen LogP contribution in [0.2, 0.25) is 0 Å². The molecule has 0 saturated carbocycles. The third-order valence-electron chi connectivity index (χ3n) is 4.95. The van der Waals surface area contributed by atoms with E-state index in [0.717, 1.165) is 28.9 Å². The first-order valence-electron chi connectivity index (χ1n) is 9.25. The number of fused-ring (bicyclic) bond motifs is 1. The molecule has 2 amide bonds. The molecule has 3 aromatic rings. The van der Waals surface area contributed by atoms with Crippen LogP contribution in [0.1, 0.15) is 31.8 Å². The van der Waals surface area contributed by atoms with E-state index in [-0.39, 0.29) is 12.5 Å². The van der Waals surface area contributed by atoms with E-state index in [1.54, 1.807) is 23.1 Å². The van der Waals surface area contributed by atoms with Crippen LogP contribution in [0.15, 0.2) is 66.7 Å². The summed E-state index contributed by atoms with van der Waals surface area (Å²) in [5.74, 6) is -2.65. The molecule has 0 atom stereocenters. The predicted octanol–water partition coefficient (Wildman–Crippen LogP) is 4.10. The van der Waals surface area contributed by atoms with Crippen molar-refractivity contribution in [1.29, 1.82) is 0 Å². The lowest BCUT2D eigenvalue weighted by atomic mass is 10.1. The molecule has 0 saturated heterocycles. The molecule has 1 heterocycles. The first kappa shape index (κ1) is 18.8. The Morgan fingerprint density at radius 2 is 1.66 bits per heavy atom. The molecule has 1 N–H and O–H groups in total. The molecule has 0 unspecified atom stereocenters. The third kappa shape index (κ3) is 3.74.